The van der Waals surface area contributed by atoms with E-state index >= 15 is 0 Å². The molecule has 0 radical (unpaired) electrons. The maximum atomic E-state index is 11.8. The molecule has 1 N–H and O–H groups in total. The van der Waals surface area contributed by atoms with Gasteiger partial charge in [-0.15, -0.1) is 0 Å². The van der Waals surface area contributed by atoms with Crippen molar-refractivity contribution >= 4 is 5.97 Å². The Balaban J connectivity index is 2.62. The second kappa shape index (κ2) is 7.12. The van der Waals surface area contributed by atoms with Gasteiger partial charge in [-0.05, 0) is 44.7 Å². The maximum absolute atomic E-state index is 11.8. The van der Waals surface area contributed by atoms with Gasteiger partial charge in [-0.25, -0.2) is 4.79 Å². The van der Waals surface area contributed by atoms with Crippen molar-refractivity contribution in [3.8, 4) is 0 Å². The molecule has 4 nitrogen and oxygen atoms in total. The Labute approximate surface area is 102 Å². The first-order valence-corrected chi connectivity index (χ1v) is 6.14. The number of aromatic nitrogens is 1. The first-order chi connectivity index (χ1) is 8.20. The summed E-state index contributed by atoms with van der Waals surface area (Å²) in [6.45, 7) is 5.14. The molecule has 0 fully saturated rings. The summed E-state index contributed by atoms with van der Waals surface area (Å²) in [6, 6.07) is 1.93. The first-order valence-electron chi connectivity index (χ1n) is 6.14. The standard InChI is InChI=1S/C13H21NO3/c1-3-17-13(16)12-11(2)7-9-14(12)8-5-4-6-10-15/h7,9,15H,3-6,8,10H2,1-2H3. The summed E-state index contributed by atoms with van der Waals surface area (Å²) in [6.07, 6.45) is 4.66. The summed E-state index contributed by atoms with van der Waals surface area (Å²) in [7, 11) is 0. The molecule has 0 aromatic carbocycles. The van der Waals surface area contributed by atoms with Crippen molar-refractivity contribution in [2.24, 2.45) is 0 Å². The number of hydrogen-bond acceptors (Lipinski definition) is 3. The lowest BCUT2D eigenvalue weighted by Gasteiger charge is -2.09. The van der Waals surface area contributed by atoms with Gasteiger partial charge in [-0.2, -0.15) is 0 Å². The largest absolute Gasteiger partial charge is 0.461 e. The van der Waals surface area contributed by atoms with Gasteiger partial charge in [0.05, 0.1) is 6.61 Å². The minimum atomic E-state index is -0.253. The van der Waals surface area contributed by atoms with E-state index in [0.717, 1.165) is 31.4 Å². The Morgan fingerprint density at radius 2 is 2.18 bits per heavy atom. The molecule has 96 valence electrons. The number of aliphatic hydroxyl groups excluding tert-OH is 1. The number of nitrogens with zero attached hydrogens (tertiary/aromatic N) is 1. The van der Waals surface area contributed by atoms with Crippen LogP contribution in [0, 0.1) is 6.92 Å². The second-order valence-corrected chi connectivity index (χ2v) is 4.05. The topological polar surface area (TPSA) is 51.5 Å². The number of rotatable bonds is 7. The van der Waals surface area contributed by atoms with E-state index in [2.05, 4.69) is 0 Å². The van der Waals surface area contributed by atoms with Gasteiger partial charge in [0, 0.05) is 19.3 Å². The van der Waals surface area contributed by atoms with Crippen LogP contribution < -0.4 is 0 Å². The lowest BCUT2D eigenvalue weighted by atomic mass is 10.2. The summed E-state index contributed by atoms with van der Waals surface area (Å²) in [5.74, 6) is -0.253. The molecule has 1 aromatic rings. The third-order valence-corrected chi connectivity index (χ3v) is 2.69. The molecule has 0 bridgehead atoms. The molecule has 0 amide bonds. The SMILES string of the molecule is CCOC(=O)c1c(C)ccn1CCCCCO. The molecule has 0 aliphatic rings. The fourth-order valence-electron chi connectivity index (χ4n) is 1.82. The number of esters is 1. The van der Waals surface area contributed by atoms with E-state index in [4.69, 9.17) is 9.84 Å². The van der Waals surface area contributed by atoms with E-state index in [9.17, 15) is 4.79 Å². The van der Waals surface area contributed by atoms with Gasteiger partial charge in [0.25, 0.3) is 0 Å². The van der Waals surface area contributed by atoms with Gasteiger partial charge in [0.2, 0.25) is 0 Å². The highest BCUT2D eigenvalue weighted by Gasteiger charge is 2.15. The summed E-state index contributed by atoms with van der Waals surface area (Å²) in [5, 5.41) is 8.70. The molecular formula is C13H21NO3. The average Bonchev–Trinajstić information content (AvgIpc) is 2.66. The molecule has 0 aliphatic heterocycles. The summed E-state index contributed by atoms with van der Waals surface area (Å²) >= 11 is 0. The summed E-state index contributed by atoms with van der Waals surface area (Å²) in [5.41, 5.74) is 1.60. The number of carbonyl (C=O) groups is 1. The number of aryl methyl sites for hydroxylation is 2. The Morgan fingerprint density at radius 1 is 1.41 bits per heavy atom. The number of unbranched alkanes of at least 4 members (excludes halogenated alkanes) is 2. The highest BCUT2D eigenvalue weighted by atomic mass is 16.5. The third kappa shape index (κ3) is 3.89. The van der Waals surface area contributed by atoms with Crippen molar-refractivity contribution in [2.45, 2.75) is 39.7 Å². The second-order valence-electron chi connectivity index (χ2n) is 4.05. The number of hydrogen-bond donors (Lipinski definition) is 1. The van der Waals surface area contributed by atoms with Gasteiger partial charge in [-0.1, -0.05) is 0 Å². The van der Waals surface area contributed by atoms with Crippen LogP contribution in [0.3, 0.4) is 0 Å². The molecule has 1 aromatic heterocycles. The van der Waals surface area contributed by atoms with Crippen LogP contribution in [-0.2, 0) is 11.3 Å². The van der Waals surface area contributed by atoms with Crippen LogP contribution in [0.25, 0.3) is 0 Å². The van der Waals surface area contributed by atoms with Crippen molar-refractivity contribution in [1.29, 1.82) is 0 Å². The molecule has 4 heteroatoms. The average molecular weight is 239 g/mol. The minimum Gasteiger partial charge on any atom is -0.461 e. The summed E-state index contributed by atoms with van der Waals surface area (Å²) < 4.78 is 6.97. The van der Waals surface area contributed by atoms with E-state index in [1.165, 1.54) is 0 Å². The molecule has 0 aliphatic carbocycles. The van der Waals surface area contributed by atoms with E-state index < -0.39 is 0 Å². The molecule has 0 saturated heterocycles. The zero-order valence-corrected chi connectivity index (χ0v) is 10.6. The summed E-state index contributed by atoms with van der Waals surface area (Å²) in [4.78, 5) is 11.8. The van der Waals surface area contributed by atoms with Crippen molar-refractivity contribution in [1.82, 2.24) is 4.57 Å². The van der Waals surface area contributed by atoms with E-state index in [1.807, 2.05) is 30.7 Å². The molecule has 0 atom stereocenters. The zero-order chi connectivity index (χ0) is 12.7. The van der Waals surface area contributed by atoms with Gasteiger partial charge in [0.15, 0.2) is 0 Å². The van der Waals surface area contributed by atoms with Crippen LogP contribution in [0.5, 0.6) is 0 Å². The van der Waals surface area contributed by atoms with Gasteiger partial charge in [-0.3, -0.25) is 0 Å². The Kier molecular flexibility index (Phi) is 5.77. The van der Waals surface area contributed by atoms with Crippen LogP contribution >= 0.6 is 0 Å². The van der Waals surface area contributed by atoms with Crippen LogP contribution in [0.1, 0.15) is 42.2 Å². The lowest BCUT2D eigenvalue weighted by Crippen LogP contribution is -2.13. The predicted molar refractivity (Wildman–Crippen MR) is 66.1 cm³/mol. The monoisotopic (exact) mass is 239 g/mol. The van der Waals surface area contributed by atoms with Crippen molar-refractivity contribution in [2.75, 3.05) is 13.2 Å². The highest BCUT2D eigenvalue weighted by Crippen LogP contribution is 2.13. The Morgan fingerprint density at radius 3 is 2.82 bits per heavy atom. The van der Waals surface area contributed by atoms with Gasteiger partial charge < -0.3 is 14.4 Å². The quantitative estimate of drug-likeness (QED) is 0.586. The maximum Gasteiger partial charge on any atom is 0.355 e. The molecule has 17 heavy (non-hydrogen) atoms. The Hall–Kier alpha value is -1.29. The van der Waals surface area contributed by atoms with Crippen LogP contribution in [0.2, 0.25) is 0 Å². The molecule has 1 rings (SSSR count). The van der Waals surface area contributed by atoms with Crippen LogP contribution in [0.4, 0.5) is 0 Å². The van der Waals surface area contributed by atoms with Crippen molar-refractivity contribution in [3.05, 3.63) is 23.5 Å². The highest BCUT2D eigenvalue weighted by molar-refractivity contribution is 5.89. The lowest BCUT2D eigenvalue weighted by molar-refractivity contribution is 0.0512. The van der Waals surface area contributed by atoms with Crippen LogP contribution in [0.15, 0.2) is 12.3 Å². The number of carbonyl (C=O) groups excluding carboxylic acids is 1. The van der Waals surface area contributed by atoms with Gasteiger partial charge >= 0.3 is 5.97 Å². The normalized spacial score (nSPS) is 10.5. The smallest absolute Gasteiger partial charge is 0.355 e. The minimum absolute atomic E-state index is 0.232. The molecule has 0 unspecified atom stereocenters. The molecule has 0 saturated carbocycles. The number of ether oxygens (including phenoxy) is 1. The molecule has 0 spiro atoms. The fourth-order valence-corrected chi connectivity index (χ4v) is 1.82. The van der Waals surface area contributed by atoms with Crippen LogP contribution in [-0.4, -0.2) is 28.9 Å². The van der Waals surface area contributed by atoms with Crippen molar-refractivity contribution in [3.63, 3.8) is 0 Å². The number of aliphatic hydroxyl groups is 1. The zero-order valence-electron chi connectivity index (χ0n) is 10.6. The molecular weight excluding hydrogens is 218 g/mol. The van der Waals surface area contributed by atoms with E-state index in [1.54, 1.807) is 0 Å². The fraction of sp³-hybridized carbons (Fsp3) is 0.615. The Bertz CT molecular complexity index is 358. The molecule has 1 heterocycles. The third-order valence-electron chi connectivity index (χ3n) is 2.69. The first kappa shape index (κ1) is 13.8. The van der Waals surface area contributed by atoms with E-state index in [-0.39, 0.29) is 12.6 Å². The van der Waals surface area contributed by atoms with Crippen molar-refractivity contribution < 1.29 is 14.6 Å². The van der Waals surface area contributed by atoms with E-state index in [0.29, 0.717) is 12.3 Å². The predicted octanol–water partition coefficient (Wildman–Crippen LogP) is 2.14. The van der Waals surface area contributed by atoms with Gasteiger partial charge in [0.1, 0.15) is 5.69 Å².